The van der Waals surface area contributed by atoms with Gasteiger partial charge in [-0.2, -0.15) is 0 Å². The van der Waals surface area contributed by atoms with Crippen LogP contribution in [0.2, 0.25) is 0 Å². The van der Waals surface area contributed by atoms with Crippen molar-refractivity contribution in [2.24, 2.45) is 11.5 Å². The van der Waals surface area contributed by atoms with Crippen LogP contribution >= 0.6 is 0 Å². The van der Waals surface area contributed by atoms with Crippen molar-refractivity contribution in [3.63, 3.8) is 0 Å². The van der Waals surface area contributed by atoms with Crippen molar-refractivity contribution in [3.8, 4) is 0 Å². The van der Waals surface area contributed by atoms with Crippen LogP contribution in [0.1, 0.15) is 12.8 Å². The van der Waals surface area contributed by atoms with Crippen molar-refractivity contribution >= 4 is 25.8 Å². The van der Waals surface area contributed by atoms with Gasteiger partial charge in [0.05, 0.1) is 0 Å². The molecule has 0 saturated carbocycles. The fraction of sp³-hybridized carbons (Fsp3) is 1.00. The zero-order valence-corrected chi connectivity index (χ0v) is 7.86. The summed E-state index contributed by atoms with van der Waals surface area (Å²) in [6, 6.07) is 0. The van der Waals surface area contributed by atoms with Gasteiger partial charge in [0.25, 0.3) is 0 Å². The van der Waals surface area contributed by atoms with E-state index in [0.717, 1.165) is 25.9 Å². The second-order valence-corrected chi connectivity index (χ2v) is 1.28. The van der Waals surface area contributed by atoms with Gasteiger partial charge in [0.15, 0.2) is 0 Å². The standard InChI is InChI=1S/C4H12N2.In/c5-3-1-2-4-6;/h1-6H2;. The van der Waals surface area contributed by atoms with E-state index in [4.69, 9.17) is 11.5 Å². The van der Waals surface area contributed by atoms with Gasteiger partial charge in [0.1, 0.15) is 0 Å². The molecule has 0 aromatic heterocycles. The average molecular weight is 203 g/mol. The first-order valence-electron chi connectivity index (χ1n) is 2.32. The Morgan fingerprint density at radius 1 is 0.857 bits per heavy atom. The van der Waals surface area contributed by atoms with E-state index in [1.807, 2.05) is 0 Å². The summed E-state index contributed by atoms with van der Waals surface area (Å²) in [6.07, 6.45) is 2.13. The van der Waals surface area contributed by atoms with Crippen LogP contribution in [0, 0.1) is 0 Å². The monoisotopic (exact) mass is 203 g/mol. The van der Waals surface area contributed by atoms with Gasteiger partial charge in [-0.25, -0.2) is 0 Å². The average Bonchev–Trinajstić information content (AvgIpc) is 1.61. The normalized spacial score (nSPS) is 7.71. The van der Waals surface area contributed by atoms with E-state index in [-0.39, 0.29) is 25.8 Å². The Bertz CT molecular complexity index is 21.7. The van der Waals surface area contributed by atoms with Gasteiger partial charge in [-0.3, -0.25) is 0 Å². The zero-order valence-electron chi connectivity index (χ0n) is 4.56. The Labute approximate surface area is 63.4 Å². The number of rotatable bonds is 3. The van der Waals surface area contributed by atoms with E-state index in [2.05, 4.69) is 0 Å². The van der Waals surface area contributed by atoms with Crippen molar-refractivity contribution in [1.29, 1.82) is 0 Å². The maximum atomic E-state index is 5.16. The van der Waals surface area contributed by atoms with Crippen molar-refractivity contribution in [2.45, 2.75) is 12.8 Å². The first-order chi connectivity index (χ1) is 2.91. The summed E-state index contributed by atoms with van der Waals surface area (Å²) in [4.78, 5) is 0. The van der Waals surface area contributed by atoms with E-state index in [0.29, 0.717) is 0 Å². The minimum Gasteiger partial charge on any atom is -0.330 e. The molecule has 0 unspecified atom stereocenters. The van der Waals surface area contributed by atoms with Crippen LogP contribution in [-0.4, -0.2) is 38.9 Å². The second-order valence-electron chi connectivity index (χ2n) is 1.28. The molecule has 0 bridgehead atoms. The fourth-order valence-corrected chi connectivity index (χ4v) is 0.289. The fourth-order valence-electron chi connectivity index (χ4n) is 0.289. The molecular formula is C4H12InN2. The second kappa shape index (κ2) is 9.92. The van der Waals surface area contributed by atoms with Crippen LogP contribution in [0.15, 0.2) is 0 Å². The van der Waals surface area contributed by atoms with Crippen LogP contribution in [-0.2, 0) is 0 Å². The Morgan fingerprint density at radius 2 is 1.14 bits per heavy atom. The third-order valence-corrected chi connectivity index (χ3v) is 0.658. The van der Waals surface area contributed by atoms with Crippen LogP contribution in [0.4, 0.5) is 0 Å². The quantitative estimate of drug-likeness (QED) is 0.596. The molecule has 0 aromatic rings. The summed E-state index contributed by atoms with van der Waals surface area (Å²) in [7, 11) is 0. The van der Waals surface area contributed by atoms with Gasteiger partial charge < -0.3 is 11.5 Å². The largest absolute Gasteiger partial charge is 0.330 e. The third-order valence-electron chi connectivity index (χ3n) is 0.658. The first kappa shape index (κ1) is 10.7. The minimum atomic E-state index is 0. The van der Waals surface area contributed by atoms with Gasteiger partial charge in [-0.15, -0.1) is 0 Å². The van der Waals surface area contributed by atoms with Crippen LogP contribution in [0.25, 0.3) is 0 Å². The van der Waals surface area contributed by atoms with Gasteiger partial charge in [-0.1, -0.05) is 0 Å². The van der Waals surface area contributed by atoms with Gasteiger partial charge >= 0.3 is 0 Å². The summed E-state index contributed by atoms with van der Waals surface area (Å²) in [5.41, 5.74) is 10.3. The van der Waals surface area contributed by atoms with Crippen LogP contribution in [0.5, 0.6) is 0 Å². The minimum absolute atomic E-state index is 0. The Morgan fingerprint density at radius 3 is 1.29 bits per heavy atom. The van der Waals surface area contributed by atoms with Crippen LogP contribution < -0.4 is 11.5 Å². The van der Waals surface area contributed by atoms with Crippen LogP contribution in [0.3, 0.4) is 0 Å². The molecule has 0 aliphatic carbocycles. The SMILES string of the molecule is NCCCCN.[In]. The number of hydrogen-bond acceptors (Lipinski definition) is 2. The third kappa shape index (κ3) is 10.8. The Balaban J connectivity index is 0. The zero-order chi connectivity index (χ0) is 4.83. The van der Waals surface area contributed by atoms with Crippen molar-refractivity contribution in [2.75, 3.05) is 13.1 Å². The summed E-state index contributed by atoms with van der Waals surface area (Å²) in [5.74, 6) is 0. The van der Waals surface area contributed by atoms with Crippen molar-refractivity contribution in [1.82, 2.24) is 0 Å². The summed E-state index contributed by atoms with van der Waals surface area (Å²) in [5, 5.41) is 0. The summed E-state index contributed by atoms with van der Waals surface area (Å²) in [6.45, 7) is 1.55. The molecule has 0 saturated heterocycles. The molecule has 3 radical (unpaired) electrons. The molecule has 0 amide bonds. The van der Waals surface area contributed by atoms with E-state index >= 15 is 0 Å². The molecule has 7 heavy (non-hydrogen) atoms. The van der Waals surface area contributed by atoms with Gasteiger partial charge in [0, 0.05) is 25.8 Å². The van der Waals surface area contributed by atoms with Crippen molar-refractivity contribution < 1.29 is 0 Å². The van der Waals surface area contributed by atoms with Crippen molar-refractivity contribution in [3.05, 3.63) is 0 Å². The molecule has 0 fully saturated rings. The molecular weight excluding hydrogens is 191 g/mol. The number of hydrogen-bond donors (Lipinski definition) is 2. The Hall–Kier alpha value is 0.790. The molecule has 4 N–H and O–H groups in total. The maximum absolute atomic E-state index is 5.16. The molecule has 0 aliphatic rings. The van der Waals surface area contributed by atoms with E-state index < -0.39 is 0 Å². The van der Waals surface area contributed by atoms with E-state index in [1.165, 1.54) is 0 Å². The van der Waals surface area contributed by atoms with Gasteiger partial charge in [-0.05, 0) is 25.9 Å². The molecule has 41 valence electrons. The molecule has 0 heterocycles. The molecule has 0 aliphatic heterocycles. The summed E-state index contributed by atoms with van der Waals surface area (Å²) >= 11 is 0. The van der Waals surface area contributed by atoms with E-state index in [9.17, 15) is 0 Å². The number of unbranched alkanes of at least 4 members (excludes halogenated alkanes) is 1. The number of nitrogens with two attached hydrogens (primary N) is 2. The van der Waals surface area contributed by atoms with Gasteiger partial charge in [0.2, 0.25) is 0 Å². The predicted molar refractivity (Wildman–Crippen MR) is 33.1 cm³/mol. The topological polar surface area (TPSA) is 52.0 Å². The molecule has 0 aromatic carbocycles. The molecule has 2 nitrogen and oxygen atoms in total. The Kier molecular flexibility index (Phi) is 15.2. The van der Waals surface area contributed by atoms with E-state index in [1.54, 1.807) is 0 Å². The first-order valence-corrected chi connectivity index (χ1v) is 2.32. The molecule has 0 atom stereocenters. The summed E-state index contributed by atoms with van der Waals surface area (Å²) < 4.78 is 0. The predicted octanol–water partition coefficient (Wildman–Crippen LogP) is -0.697. The molecule has 0 rings (SSSR count). The maximum Gasteiger partial charge on any atom is 0 e. The smallest absolute Gasteiger partial charge is 0 e. The molecule has 0 spiro atoms. The molecule has 3 heteroatoms.